The van der Waals surface area contributed by atoms with Gasteiger partial charge in [0.25, 0.3) is 11.6 Å². The van der Waals surface area contributed by atoms with Crippen molar-refractivity contribution in [3.05, 3.63) is 38.9 Å². The number of nitro benzene ring substituents is 1. The summed E-state index contributed by atoms with van der Waals surface area (Å²) in [5, 5.41) is 19.9. The predicted molar refractivity (Wildman–Crippen MR) is 72.4 cm³/mol. The number of rotatable bonds is 2. The molecule has 1 fully saturated rings. The number of nitrogens with zero attached hydrogens (tertiary/aromatic N) is 3. The Bertz CT molecular complexity index is 597. The Hall–Kier alpha value is -2.13. The van der Waals surface area contributed by atoms with Gasteiger partial charge in [-0.15, -0.1) is 0 Å². The summed E-state index contributed by atoms with van der Waals surface area (Å²) in [7, 11) is 0. The highest BCUT2D eigenvalue weighted by molar-refractivity contribution is 6.32. The molecule has 1 aromatic rings. The molecule has 1 aromatic carbocycles. The van der Waals surface area contributed by atoms with Gasteiger partial charge in [-0.25, -0.2) is 0 Å². The Balaban J connectivity index is 2.31. The fraction of sp³-hybridized carbons (Fsp3) is 0.385. The van der Waals surface area contributed by atoms with E-state index in [1.165, 1.54) is 17.0 Å². The van der Waals surface area contributed by atoms with E-state index in [-0.39, 0.29) is 22.2 Å². The molecular formula is C13H12ClN3O3. The van der Waals surface area contributed by atoms with Gasteiger partial charge in [0, 0.05) is 18.2 Å². The van der Waals surface area contributed by atoms with Gasteiger partial charge in [0.05, 0.1) is 11.0 Å². The van der Waals surface area contributed by atoms with Crippen LogP contribution in [0.3, 0.4) is 0 Å². The Labute approximate surface area is 120 Å². The SMILES string of the molecule is N#CC1CCCCN1C(=O)c1ccc(Cl)c([N+](=O)[O-])c1. The largest absolute Gasteiger partial charge is 0.323 e. The Morgan fingerprint density at radius 3 is 2.90 bits per heavy atom. The monoisotopic (exact) mass is 293 g/mol. The molecule has 0 spiro atoms. The first kappa shape index (κ1) is 14.3. The fourth-order valence-electron chi connectivity index (χ4n) is 2.26. The van der Waals surface area contributed by atoms with Crippen LogP contribution in [0.1, 0.15) is 29.6 Å². The maximum atomic E-state index is 12.4. The second kappa shape index (κ2) is 5.88. The van der Waals surface area contributed by atoms with Crippen molar-refractivity contribution < 1.29 is 9.72 Å². The van der Waals surface area contributed by atoms with Gasteiger partial charge in [0.15, 0.2) is 0 Å². The fourth-order valence-corrected chi connectivity index (χ4v) is 2.45. The Kier molecular flexibility index (Phi) is 4.20. The molecule has 2 rings (SSSR count). The summed E-state index contributed by atoms with van der Waals surface area (Å²) in [4.78, 5) is 24.0. The molecule has 20 heavy (non-hydrogen) atoms. The molecule has 1 atom stereocenters. The minimum absolute atomic E-state index is 0.0120. The molecular weight excluding hydrogens is 282 g/mol. The Morgan fingerprint density at radius 2 is 2.25 bits per heavy atom. The lowest BCUT2D eigenvalue weighted by molar-refractivity contribution is -0.384. The van der Waals surface area contributed by atoms with Gasteiger partial charge in [0.1, 0.15) is 11.1 Å². The molecule has 0 saturated carbocycles. The number of halogens is 1. The highest BCUT2D eigenvalue weighted by atomic mass is 35.5. The van der Waals surface area contributed by atoms with Crippen molar-refractivity contribution in [3.8, 4) is 6.07 Å². The predicted octanol–water partition coefficient (Wildman–Crippen LogP) is 2.77. The van der Waals surface area contributed by atoms with Crippen molar-refractivity contribution in [1.82, 2.24) is 4.90 Å². The number of amides is 1. The molecule has 0 aliphatic carbocycles. The van der Waals surface area contributed by atoms with Crippen LogP contribution in [0.2, 0.25) is 5.02 Å². The van der Waals surface area contributed by atoms with Crippen LogP contribution in [0.25, 0.3) is 0 Å². The van der Waals surface area contributed by atoms with Crippen molar-refractivity contribution in [2.45, 2.75) is 25.3 Å². The third-order valence-electron chi connectivity index (χ3n) is 3.30. The van der Waals surface area contributed by atoms with Gasteiger partial charge in [-0.05, 0) is 31.4 Å². The van der Waals surface area contributed by atoms with Gasteiger partial charge >= 0.3 is 0 Å². The van der Waals surface area contributed by atoms with Crippen molar-refractivity contribution in [1.29, 1.82) is 5.26 Å². The molecule has 0 radical (unpaired) electrons. The van der Waals surface area contributed by atoms with Crippen LogP contribution >= 0.6 is 11.6 Å². The van der Waals surface area contributed by atoms with E-state index in [9.17, 15) is 14.9 Å². The van der Waals surface area contributed by atoms with E-state index < -0.39 is 11.0 Å². The van der Waals surface area contributed by atoms with Gasteiger partial charge < -0.3 is 4.90 Å². The van der Waals surface area contributed by atoms with Crippen molar-refractivity contribution >= 4 is 23.2 Å². The third-order valence-corrected chi connectivity index (χ3v) is 3.62. The molecule has 0 bridgehead atoms. The third kappa shape index (κ3) is 2.73. The summed E-state index contributed by atoms with van der Waals surface area (Å²) >= 11 is 5.72. The van der Waals surface area contributed by atoms with Crippen LogP contribution < -0.4 is 0 Å². The van der Waals surface area contributed by atoms with Gasteiger partial charge in [-0.1, -0.05) is 11.6 Å². The van der Waals surface area contributed by atoms with Crippen molar-refractivity contribution in [3.63, 3.8) is 0 Å². The van der Waals surface area contributed by atoms with Crippen molar-refractivity contribution in [2.24, 2.45) is 0 Å². The Morgan fingerprint density at radius 1 is 1.50 bits per heavy atom. The van der Waals surface area contributed by atoms with Crippen LogP contribution in [0.4, 0.5) is 5.69 Å². The standard InChI is InChI=1S/C13H12ClN3O3/c14-11-5-4-9(7-12(11)17(19)20)13(18)16-6-2-1-3-10(16)8-15/h4-5,7,10H,1-3,6H2. The number of nitriles is 1. The number of carbonyl (C=O) groups is 1. The van der Waals surface area contributed by atoms with Gasteiger partial charge in [-0.3, -0.25) is 14.9 Å². The van der Waals surface area contributed by atoms with Crippen LogP contribution in [-0.2, 0) is 0 Å². The minimum Gasteiger partial charge on any atom is -0.323 e. The second-order valence-corrected chi connectivity index (χ2v) is 4.97. The molecule has 1 aliphatic rings. The van der Waals surface area contributed by atoms with E-state index in [4.69, 9.17) is 16.9 Å². The quantitative estimate of drug-likeness (QED) is 0.619. The summed E-state index contributed by atoms with van der Waals surface area (Å²) in [6.45, 7) is 0.494. The molecule has 0 N–H and O–H groups in total. The highest BCUT2D eigenvalue weighted by Gasteiger charge is 2.28. The average Bonchev–Trinajstić information content (AvgIpc) is 2.46. The first-order valence-corrected chi connectivity index (χ1v) is 6.57. The average molecular weight is 294 g/mol. The summed E-state index contributed by atoms with van der Waals surface area (Å²) < 4.78 is 0. The number of nitro groups is 1. The lowest BCUT2D eigenvalue weighted by Crippen LogP contribution is -2.42. The summed E-state index contributed by atoms with van der Waals surface area (Å²) in [6.07, 6.45) is 2.38. The smallest absolute Gasteiger partial charge is 0.288 e. The molecule has 6 nitrogen and oxygen atoms in total. The molecule has 104 valence electrons. The lowest BCUT2D eigenvalue weighted by atomic mass is 10.0. The zero-order valence-corrected chi connectivity index (χ0v) is 11.3. The van der Waals surface area contributed by atoms with Gasteiger partial charge in [-0.2, -0.15) is 5.26 Å². The second-order valence-electron chi connectivity index (χ2n) is 4.56. The minimum atomic E-state index is -0.628. The van der Waals surface area contributed by atoms with Crippen LogP contribution in [-0.4, -0.2) is 28.3 Å². The van der Waals surface area contributed by atoms with Crippen LogP contribution in [0, 0.1) is 21.4 Å². The number of hydrogen-bond acceptors (Lipinski definition) is 4. The number of carbonyl (C=O) groups excluding carboxylic acids is 1. The topological polar surface area (TPSA) is 87.2 Å². The van der Waals surface area contributed by atoms with E-state index in [2.05, 4.69) is 6.07 Å². The first-order valence-electron chi connectivity index (χ1n) is 6.19. The number of benzene rings is 1. The first-order chi connectivity index (χ1) is 9.54. The molecule has 0 aromatic heterocycles. The maximum Gasteiger partial charge on any atom is 0.288 e. The molecule has 1 unspecified atom stereocenters. The molecule has 1 heterocycles. The highest BCUT2D eigenvalue weighted by Crippen LogP contribution is 2.27. The van der Waals surface area contributed by atoms with E-state index in [1.54, 1.807) is 0 Å². The molecule has 1 aliphatic heterocycles. The normalized spacial score (nSPS) is 18.4. The van der Waals surface area contributed by atoms with Crippen LogP contribution in [0.5, 0.6) is 0 Å². The van der Waals surface area contributed by atoms with E-state index in [0.29, 0.717) is 13.0 Å². The summed E-state index contributed by atoms with van der Waals surface area (Å²) in [6, 6.07) is 5.57. The van der Waals surface area contributed by atoms with E-state index >= 15 is 0 Å². The molecule has 7 heteroatoms. The van der Waals surface area contributed by atoms with Crippen LogP contribution in [0.15, 0.2) is 18.2 Å². The summed E-state index contributed by atoms with van der Waals surface area (Å²) in [5.74, 6) is -0.365. The van der Waals surface area contributed by atoms with E-state index in [0.717, 1.165) is 18.9 Å². The molecule has 1 amide bonds. The summed E-state index contributed by atoms with van der Waals surface area (Å²) in [5.41, 5.74) is -0.119. The number of likely N-dealkylation sites (tertiary alicyclic amines) is 1. The zero-order valence-electron chi connectivity index (χ0n) is 10.6. The lowest BCUT2D eigenvalue weighted by Gasteiger charge is -2.31. The van der Waals surface area contributed by atoms with E-state index in [1.807, 2.05) is 0 Å². The van der Waals surface area contributed by atoms with Gasteiger partial charge in [0.2, 0.25) is 0 Å². The maximum absolute atomic E-state index is 12.4. The number of piperidine rings is 1. The van der Waals surface area contributed by atoms with Crippen molar-refractivity contribution in [2.75, 3.05) is 6.54 Å². The molecule has 1 saturated heterocycles. The zero-order chi connectivity index (χ0) is 14.7. The number of hydrogen-bond donors (Lipinski definition) is 0.